The zero-order chi connectivity index (χ0) is 24.5. The van der Waals surface area contributed by atoms with Gasteiger partial charge in [-0.2, -0.15) is 0 Å². The van der Waals surface area contributed by atoms with Crippen molar-refractivity contribution in [3.05, 3.63) is 33.1 Å². The molecule has 1 aliphatic heterocycles. The zero-order valence-electron chi connectivity index (χ0n) is 19.4. The lowest BCUT2D eigenvalue weighted by atomic mass is 9.85. The summed E-state index contributed by atoms with van der Waals surface area (Å²) in [4.78, 5) is 64.5. The molecule has 10 nitrogen and oxygen atoms in total. The molecule has 0 spiro atoms. The van der Waals surface area contributed by atoms with Gasteiger partial charge in [-0.1, -0.05) is 19.3 Å². The second-order valence-corrected chi connectivity index (χ2v) is 11.3. The molecule has 35 heavy (non-hydrogen) atoms. The van der Waals surface area contributed by atoms with Crippen LogP contribution in [0.2, 0.25) is 0 Å². The quantitative estimate of drug-likeness (QED) is 0.414. The van der Waals surface area contributed by atoms with Crippen molar-refractivity contribution < 1.29 is 28.6 Å². The zero-order valence-corrected chi connectivity index (χ0v) is 20.2. The number of ether oxygens (including phenoxy) is 3. The van der Waals surface area contributed by atoms with Crippen LogP contribution in [0.5, 0.6) is 0 Å². The Morgan fingerprint density at radius 1 is 0.857 bits per heavy atom. The Hall–Kier alpha value is -2.56. The van der Waals surface area contributed by atoms with Gasteiger partial charge in [0.1, 0.15) is 12.0 Å². The maximum absolute atomic E-state index is 12.8. The Morgan fingerprint density at radius 2 is 1.40 bits per heavy atom. The molecule has 11 heteroatoms. The highest BCUT2D eigenvalue weighted by Crippen LogP contribution is 2.46. The highest BCUT2D eigenvalue weighted by Gasteiger charge is 2.52. The number of esters is 3. The first kappa shape index (κ1) is 24.1. The average molecular weight is 507 g/mol. The summed E-state index contributed by atoms with van der Waals surface area (Å²) in [7, 11) is 0. The monoisotopic (exact) mass is 506 g/mol. The second kappa shape index (κ2) is 10.2. The van der Waals surface area contributed by atoms with Crippen molar-refractivity contribution in [2.24, 2.45) is 17.8 Å². The van der Waals surface area contributed by atoms with Gasteiger partial charge in [0.25, 0.3) is 5.56 Å². The summed E-state index contributed by atoms with van der Waals surface area (Å²) in [5, 5.41) is -1.29. The molecule has 3 saturated carbocycles. The standard InChI is InChI=1S/C24H30N2O8S/c27-17-10-11-26(24(31)25-17)20-19(34-23(30)15-8-3-9-15)18(33-22(29)14-6-2-7-14)16(35-20)12-32-21(28)13-4-1-5-13/h10-11,13-16,18-20H,1-9,12H2,(H,25,27,31)/t16-,18?,19?,20-/m1/s1. The van der Waals surface area contributed by atoms with Gasteiger partial charge < -0.3 is 14.2 Å². The largest absolute Gasteiger partial charge is 0.464 e. The fourth-order valence-electron chi connectivity index (χ4n) is 4.64. The molecular formula is C24H30N2O8S. The van der Waals surface area contributed by atoms with Gasteiger partial charge in [0.05, 0.1) is 23.0 Å². The van der Waals surface area contributed by atoms with E-state index < -0.39 is 34.1 Å². The Kier molecular flexibility index (Phi) is 7.04. The van der Waals surface area contributed by atoms with Crippen LogP contribution in [0.25, 0.3) is 0 Å². The van der Waals surface area contributed by atoms with E-state index in [0.29, 0.717) is 0 Å². The van der Waals surface area contributed by atoms with Crippen LogP contribution in [0.1, 0.15) is 63.2 Å². The van der Waals surface area contributed by atoms with Gasteiger partial charge in [-0.05, 0) is 38.5 Å². The molecule has 4 atom stereocenters. The number of H-pyrrole nitrogens is 1. The SMILES string of the molecule is O=C(OC[C@H]1S[C@@H](n2ccc(=O)[nH]c2=O)C(OC(=O)C2CCC2)C1OC(=O)C1CCC1)C1CCC1. The van der Waals surface area contributed by atoms with E-state index in [0.717, 1.165) is 57.8 Å². The number of carbonyl (C=O) groups is 3. The number of rotatable bonds is 8. The summed E-state index contributed by atoms with van der Waals surface area (Å²) in [5.74, 6) is -1.56. The average Bonchev–Trinajstić information content (AvgIpc) is 2.99. The van der Waals surface area contributed by atoms with E-state index in [2.05, 4.69) is 4.98 Å². The maximum atomic E-state index is 12.8. The van der Waals surface area contributed by atoms with Crippen LogP contribution in [0.3, 0.4) is 0 Å². The van der Waals surface area contributed by atoms with E-state index >= 15 is 0 Å². The summed E-state index contributed by atoms with van der Waals surface area (Å²) in [5.41, 5.74) is -1.20. The maximum Gasteiger partial charge on any atom is 0.329 e. The summed E-state index contributed by atoms with van der Waals surface area (Å²) < 4.78 is 18.7. The smallest absolute Gasteiger partial charge is 0.329 e. The Bertz CT molecular complexity index is 1090. The van der Waals surface area contributed by atoms with Gasteiger partial charge in [-0.25, -0.2) is 4.79 Å². The van der Waals surface area contributed by atoms with Gasteiger partial charge in [-0.3, -0.25) is 28.7 Å². The van der Waals surface area contributed by atoms with E-state index in [1.165, 1.54) is 28.6 Å². The molecule has 0 radical (unpaired) electrons. The molecule has 1 aromatic rings. The number of aromatic amines is 1. The molecule has 4 aliphatic rings. The molecule has 1 saturated heterocycles. The normalized spacial score (nSPS) is 28.9. The van der Waals surface area contributed by atoms with Crippen molar-refractivity contribution >= 4 is 29.7 Å². The molecule has 0 bridgehead atoms. The Labute approximate surface area is 206 Å². The number of hydrogen-bond acceptors (Lipinski definition) is 9. The van der Waals surface area contributed by atoms with Crippen molar-refractivity contribution in [1.82, 2.24) is 9.55 Å². The van der Waals surface area contributed by atoms with Crippen LogP contribution in [0, 0.1) is 17.8 Å². The minimum absolute atomic E-state index is 0.0330. The van der Waals surface area contributed by atoms with Gasteiger partial charge in [0.2, 0.25) is 0 Å². The number of thioether (sulfide) groups is 1. The number of aromatic nitrogens is 2. The molecule has 3 aliphatic carbocycles. The highest BCUT2D eigenvalue weighted by atomic mass is 32.2. The topological polar surface area (TPSA) is 134 Å². The van der Waals surface area contributed by atoms with Crippen LogP contribution in [0.4, 0.5) is 0 Å². The molecule has 1 N–H and O–H groups in total. The summed E-state index contributed by atoms with van der Waals surface area (Å²) in [6.07, 6.45) is 6.94. The third-order valence-electron chi connectivity index (χ3n) is 7.62. The first-order valence-electron chi connectivity index (χ1n) is 12.5. The molecular weight excluding hydrogens is 476 g/mol. The predicted octanol–water partition coefficient (Wildman–Crippen LogP) is 1.92. The van der Waals surface area contributed by atoms with E-state index in [-0.39, 0.29) is 42.3 Å². The predicted molar refractivity (Wildman–Crippen MR) is 124 cm³/mol. The third-order valence-corrected chi connectivity index (χ3v) is 9.15. The molecule has 1 aromatic heterocycles. The lowest BCUT2D eigenvalue weighted by Gasteiger charge is -2.32. The van der Waals surface area contributed by atoms with Crippen molar-refractivity contribution in [2.75, 3.05) is 6.61 Å². The van der Waals surface area contributed by atoms with E-state index in [1.807, 2.05) is 0 Å². The van der Waals surface area contributed by atoms with Gasteiger partial charge in [-0.15, -0.1) is 11.8 Å². The molecule has 5 rings (SSSR count). The van der Waals surface area contributed by atoms with Crippen LogP contribution in [-0.2, 0) is 28.6 Å². The number of hydrogen-bond donors (Lipinski definition) is 1. The number of nitrogens with zero attached hydrogens (tertiary/aromatic N) is 1. The van der Waals surface area contributed by atoms with Gasteiger partial charge in [0, 0.05) is 12.3 Å². The fraction of sp³-hybridized carbons (Fsp3) is 0.708. The molecule has 4 fully saturated rings. The van der Waals surface area contributed by atoms with Crippen LogP contribution >= 0.6 is 11.8 Å². The fourth-order valence-corrected chi connectivity index (χ4v) is 6.17. The molecule has 2 heterocycles. The lowest BCUT2D eigenvalue weighted by Crippen LogP contribution is -2.45. The second-order valence-electron chi connectivity index (χ2n) is 9.90. The number of nitrogens with one attached hydrogen (secondary N) is 1. The van der Waals surface area contributed by atoms with E-state index in [1.54, 1.807) is 0 Å². The molecule has 0 amide bonds. The van der Waals surface area contributed by atoms with Crippen LogP contribution in [0.15, 0.2) is 21.9 Å². The highest BCUT2D eigenvalue weighted by molar-refractivity contribution is 8.00. The molecule has 190 valence electrons. The Balaban J connectivity index is 1.41. The number of carbonyl (C=O) groups excluding carboxylic acids is 3. The summed E-state index contributed by atoms with van der Waals surface area (Å²) in [6.45, 7) is -0.0330. The molecule has 2 unspecified atom stereocenters. The van der Waals surface area contributed by atoms with E-state index in [4.69, 9.17) is 14.2 Å². The van der Waals surface area contributed by atoms with Gasteiger partial charge in [0.15, 0.2) is 12.2 Å². The van der Waals surface area contributed by atoms with Crippen molar-refractivity contribution in [2.45, 2.75) is 80.6 Å². The van der Waals surface area contributed by atoms with Crippen molar-refractivity contribution in [3.63, 3.8) is 0 Å². The Morgan fingerprint density at radius 3 is 1.91 bits per heavy atom. The van der Waals surface area contributed by atoms with E-state index in [9.17, 15) is 24.0 Å². The first-order valence-corrected chi connectivity index (χ1v) is 13.4. The van der Waals surface area contributed by atoms with Crippen molar-refractivity contribution in [3.8, 4) is 0 Å². The summed E-state index contributed by atoms with van der Waals surface area (Å²) in [6, 6.07) is 1.21. The first-order chi connectivity index (χ1) is 16.9. The van der Waals surface area contributed by atoms with Crippen LogP contribution in [-0.4, -0.2) is 51.5 Å². The minimum atomic E-state index is -0.965. The van der Waals surface area contributed by atoms with Crippen molar-refractivity contribution in [1.29, 1.82) is 0 Å². The lowest BCUT2D eigenvalue weighted by molar-refractivity contribution is -0.177. The summed E-state index contributed by atoms with van der Waals surface area (Å²) >= 11 is 1.25. The van der Waals surface area contributed by atoms with Gasteiger partial charge >= 0.3 is 23.6 Å². The molecule has 0 aromatic carbocycles. The third kappa shape index (κ3) is 5.05. The minimum Gasteiger partial charge on any atom is -0.464 e. The van der Waals surface area contributed by atoms with Crippen LogP contribution < -0.4 is 11.2 Å².